The third-order valence-corrected chi connectivity index (χ3v) is 4.88. The second-order valence-corrected chi connectivity index (χ2v) is 6.94. The summed E-state index contributed by atoms with van der Waals surface area (Å²) in [5, 5.41) is 10.9. The monoisotopic (exact) mass is 399 g/mol. The highest BCUT2D eigenvalue weighted by Gasteiger charge is 2.19. The summed E-state index contributed by atoms with van der Waals surface area (Å²) < 4.78 is 3.09. The molecular formula is C21H17N7O2. The Morgan fingerprint density at radius 3 is 2.77 bits per heavy atom. The molecular weight excluding hydrogens is 382 g/mol. The summed E-state index contributed by atoms with van der Waals surface area (Å²) in [6, 6.07) is 12.7. The molecule has 0 aliphatic carbocycles. The van der Waals surface area contributed by atoms with E-state index < -0.39 is 0 Å². The zero-order valence-electron chi connectivity index (χ0n) is 16.2. The number of fused-ring (bicyclic) bond motifs is 2. The first-order valence-corrected chi connectivity index (χ1v) is 9.28. The summed E-state index contributed by atoms with van der Waals surface area (Å²) in [4.78, 5) is 33.7. The summed E-state index contributed by atoms with van der Waals surface area (Å²) >= 11 is 0. The molecule has 0 bridgehead atoms. The van der Waals surface area contributed by atoms with E-state index in [1.165, 1.54) is 17.5 Å². The van der Waals surface area contributed by atoms with E-state index in [9.17, 15) is 9.59 Å². The number of amides is 1. The first kappa shape index (κ1) is 17.8. The maximum absolute atomic E-state index is 12.9. The van der Waals surface area contributed by atoms with E-state index >= 15 is 0 Å². The number of aromatic nitrogens is 6. The molecule has 1 aromatic carbocycles. The number of pyridine rings is 1. The number of rotatable bonds is 3. The Kier molecular flexibility index (Phi) is 3.95. The molecule has 0 aliphatic rings. The molecule has 148 valence electrons. The zero-order chi connectivity index (χ0) is 20.8. The normalized spacial score (nSPS) is 11.3. The largest absolute Gasteiger partial charge is 0.311 e. The minimum absolute atomic E-state index is 0.269. The molecule has 9 heteroatoms. The Morgan fingerprint density at radius 1 is 1.13 bits per heavy atom. The molecule has 4 aromatic heterocycles. The summed E-state index contributed by atoms with van der Waals surface area (Å²) in [7, 11) is 1.88. The van der Waals surface area contributed by atoms with E-state index in [1.54, 1.807) is 29.2 Å². The molecule has 0 atom stereocenters. The molecule has 9 nitrogen and oxygen atoms in total. The molecule has 2 N–H and O–H groups in total. The molecule has 1 amide bonds. The van der Waals surface area contributed by atoms with Crippen molar-refractivity contribution >= 4 is 28.3 Å². The fourth-order valence-electron chi connectivity index (χ4n) is 3.53. The van der Waals surface area contributed by atoms with Crippen LogP contribution in [-0.4, -0.2) is 35.3 Å². The lowest BCUT2D eigenvalue weighted by Gasteiger charge is -2.04. The van der Waals surface area contributed by atoms with Crippen molar-refractivity contribution in [3.05, 3.63) is 65.2 Å². The van der Waals surface area contributed by atoms with Crippen molar-refractivity contribution in [1.82, 2.24) is 29.4 Å². The van der Waals surface area contributed by atoms with Crippen LogP contribution in [0.15, 0.2) is 59.7 Å². The lowest BCUT2D eigenvalue weighted by molar-refractivity contribution is -0.114. The average Bonchev–Trinajstić information content (AvgIpc) is 3.28. The van der Waals surface area contributed by atoms with Crippen LogP contribution in [0.2, 0.25) is 0 Å². The van der Waals surface area contributed by atoms with Crippen LogP contribution in [-0.2, 0) is 11.8 Å². The number of aryl methyl sites for hydroxylation is 1. The van der Waals surface area contributed by atoms with Crippen molar-refractivity contribution in [3.8, 4) is 22.5 Å². The van der Waals surface area contributed by atoms with Gasteiger partial charge in [0, 0.05) is 37.2 Å². The first-order valence-electron chi connectivity index (χ1n) is 9.28. The van der Waals surface area contributed by atoms with Crippen LogP contribution in [0.3, 0.4) is 0 Å². The van der Waals surface area contributed by atoms with Crippen LogP contribution in [0.25, 0.3) is 39.1 Å². The molecule has 0 fully saturated rings. The van der Waals surface area contributed by atoms with Crippen molar-refractivity contribution in [2.45, 2.75) is 6.92 Å². The van der Waals surface area contributed by atoms with Gasteiger partial charge in [0.25, 0.3) is 5.56 Å². The summed E-state index contributed by atoms with van der Waals surface area (Å²) in [5.41, 5.74) is 3.53. The number of nitrogens with one attached hydrogen (secondary N) is 2. The molecule has 0 unspecified atom stereocenters. The van der Waals surface area contributed by atoms with Crippen LogP contribution >= 0.6 is 0 Å². The second-order valence-electron chi connectivity index (χ2n) is 6.94. The summed E-state index contributed by atoms with van der Waals surface area (Å²) in [5.74, 6) is 0.0969. The van der Waals surface area contributed by atoms with Gasteiger partial charge in [-0.25, -0.2) is 4.98 Å². The van der Waals surface area contributed by atoms with Gasteiger partial charge in [-0.3, -0.25) is 24.4 Å². The van der Waals surface area contributed by atoms with Gasteiger partial charge in [0.2, 0.25) is 5.91 Å². The molecule has 30 heavy (non-hydrogen) atoms. The lowest BCUT2D eigenvalue weighted by atomic mass is 10.1. The number of anilines is 1. The van der Waals surface area contributed by atoms with Crippen molar-refractivity contribution in [2.24, 2.45) is 7.05 Å². The number of H-pyrrole nitrogens is 1. The minimum Gasteiger partial charge on any atom is -0.311 e. The van der Waals surface area contributed by atoms with Gasteiger partial charge in [-0.15, -0.1) is 0 Å². The van der Waals surface area contributed by atoms with Gasteiger partial charge in [-0.2, -0.15) is 9.61 Å². The third kappa shape index (κ3) is 2.84. The van der Waals surface area contributed by atoms with Crippen LogP contribution in [0.4, 0.5) is 5.82 Å². The number of benzene rings is 1. The van der Waals surface area contributed by atoms with E-state index in [2.05, 4.69) is 20.5 Å². The van der Waals surface area contributed by atoms with E-state index in [1.807, 2.05) is 31.3 Å². The molecule has 5 rings (SSSR count). The lowest BCUT2D eigenvalue weighted by Crippen LogP contribution is -2.15. The second kappa shape index (κ2) is 6.66. The van der Waals surface area contributed by atoms with E-state index in [4.69, 9.17) is 4.98 Å². The number of nitrogens with zero attached hydrogens (tertiary/aromatic N) is 5. The van der Waals surface area contributed by atoms with Crippen LogP contribution < -0.4 is 10.9 Å². The van der Waals surface area contributed by atoms with Crippen molar-refractivity contribution in [1.29, 1.82) is 0 Å². The number of carbonyl (C=O) groups excluding carboxylic acids is 1. The predicted molar refractivity (Wildman–Crippen MR) is 113 cm³/mol. The highest BCUT2D eigenvalue weighted by Crippen LogP contribution is 2.30. The molecule has 0 spiro atoms. The van der Waals surface area contributed by atoms with Gasteiger partial charge >= 0.3 is 0 Å². The summed E-state index contributed by atoms with van der Waals surface area (Å²) in [6.07, 6.45) is 3.42. The fraction of sp³-hybridized carbons (Fsp3) is 0.0952. The summed E-state index contributed by atoms with van der Waals surface area (Å²) in [6.45, 7) is 1.40. The van der Waals surface area contributed by atoms with Gasteiger partial charge in [-0.1, -0.05) is 12.1 Å². The molecule has 0 saturated heterocycles. The zero-order valence-corrected chi connectivity index (χ0v) is 16.2. The highest BCUT2D eigenvalue weighted by atomic mass is 16.1. The van der Waals surface area contributed by atoms with Crippen LogP contribution in [0.1, 0.15) is 6.92 Å². The van der Waals surface area contributed by atoms with Crippen molar-refractivity contribution in [3.63, 3.8) is 0 Å². The molecule has 0 saturated carbocycles. The van der Waals surface area contributed by atoms with Gasteiger partial charge in [0.1, 0.15) is 5.82 Å². The van der Waals surface area contributed by atoms with E-state index in [0.717, 1.165) is 16.5 Å². The quantitative estimate of drug-likeness (QED) is 0.485. The smallest absolute Gasteiger partial charge is 0.273 e. The molecule has 4 heterocycles. The molecule has 5 aromatic rings. The number of aromatic amines is 1. The molecule has 0 radical (unpaired) electrons. The minimum atomic E-state index is -0.296. The topological polar surface area (TPSA) is 110 Å². The predicted octanol–water partition coefficient (Wildman–Crippen LogP) is 2.60. The van der Waals surface area contributed by atoms with Crippen LogP contribution in [0.5, 0.6) is 0 Å². The van der Waals surface area contributed by atoms with Crippen LogP contribution in [0, 0.1) is 0 Å². The Hall–Kier alpha value is -4.27. The number of carbonyl (C=O) groups is 1. The van der Waals surface area contributed by atoms with Gasteiger partial charge in [0.05, 0.1) is 28.7 Å². The van der Waals surface area contributed by atoms with E-state index in [0.29, 0.717) is 28.4 Å². The Bertz CT molecular complexity index is 1480. The standard InChI is InChI=1S/C21H17N7O2/c1-12(29)24-20-19(15-5-3-4-8-22-15)21-25-16(10-18(30)28(21)26-20)13-6-7-17-14(9-13)11-23-27(17)2/h3-11,26H,1-2H3,(H,24,29). The number of hydrogen-bond donors (Lipinski definition) is 2. The van der Waals surface area contributed by atoms with Crippen molar-refractivity contribution < 1.29 is 4.79 Å². The van der Waals surface area contributed by atoms with E-state index in [-0.39, 0.29) is 11.5 Å². The van der Waals surface area contributed by atoms with Gasteiger partial charge in [-0.05, 0) is 24.3 Å². The Morgan fingerprint density at radius 2 is 2.00 bits per heavy atom. The highest BCUT2D eigenvalue weighted by molar-refractivity contribution is 5.96. The van der Waals surface area contributed by atoms with Gasteiger partial charge < -0.3 is 5.32 Å². The maximum Gasteiger partial charge on any atom is 0.273 e. The first-order chi connectivity index (χ1) is 14.5. The average molecular weight is 399 g/mol. The maximum atomic E-state index is 12.9. The van der Waals surface area contributed by atoms with Crippen molar-refractivity contribution in [2.75, 3.05) is 5.32 Å². The Labute approximate surface area is 170 Å². The van der Waals surface area contributed by atoms with Gasteiger partial charge in [0.15, 0.2) is 5.65 Å². The third-order valence-electron chi connectivity index (χ3n) is 4.88. The fourth-order valence-corrected chi connectivity index (χ4v) is 3.53. The SMILES string of the molecule is CC(=O)Nc1[nH]n2c(=O)cc(-c3ccc4c(cnn4C)c3)nc2c1-c1ccccn1. The number of hydrogen-bond acceptors (Lipinski definition) is 5. The molecule has 0 aliphatic heterocycles. The Balaban J connectivity index is 1.77.